The second kappa shape index (κ2) is 18.1. The van der Waals surface area contributed by atoms with E-state index >= 15 is 0 Å². The van der Waals surface area contributed by atoms with Gasteiger partial charge in [0.1, 0.15) is 28.6 Å². The molecular formula is C46H62N4O12. The molecule has 2 aromatic rings. The molecule has 16 nitrogen and oxygen atoms in total. The van der Waals surface area contributed by atoms with E-state index in [2.05, 4.69) is 24.1 Å². The fourth-order valence-corrected chi connectivity index (χ4v) is 9.26. The summed E-state index contributed by atoms with van der Waals surface area (Å²) in [5.74, 6) is -7.37. The number of phenols is 2. The fourth-order valence-electron chi connectivity index (χ4n) is 9.26. The predicted molar refractivity (Wildman–Crippen MR) is 229 cm³/mol. The summed E-state index contributed by atoms with van der Waals surface area (Å²) in [6.07, 6.45) is 4.68. The average Bonchev–Trinajstić information content (AvgIpc) is 3.72. The highest BCUT2D eigenvalue weighted by Crippen LogP contribution is 2.50. The van der Waals surface area contributed by atoms with Crippen molar-refractivity contribution < 1.29 is 58.9 Å². The minimum absolute atomic E-state index is 0.0262. The summed E-state index contributed by atoms with van der Waals surface area (Å²) >= 11 is 0. The number of ether oxygens (including phenoxy) is 4. The summed E-state index contributed by atoms with van der Waals surface area (Å²) in [6, 6.07) is 0. The zero-order chi connectivity index (χ0) is 45.6. The molecule has 338 valence electrons. The van der Waals surface area contributed by atoms with Gasteiger partial charge >= 0.3 is 11.8 Å². The van der Waals surface area contributed by atoms with E-state index in [1.165, 1.54) is 39.4 Å². The van der Waals surface area contributed by atoms with Gasteiger partial charge < -0.3 is 54.7 Å². The van der Waals surface area contributed by atoms with Crippen molar-refractivity contribution in [2.24, 2.45) is 39.6 Å². The highest BCUT2D eigenvalue weighted by atomic mass is 16.7. The van der Waals surface area contributed by atoms with Crippen LogP contribution >= 0.6 is 0 Å². The Labute approximate surface area is 361 Å². The van der Waals surface area contributed by atoms with Crippen LogP contribution in [0.4, 0.5) is 5.69 Å². The SMILES string of the molecule is CO[C@H]1/C=C/O[C@@]2(C)Oc3c(CO)c(O)c4c(O)c(c5c(c4c3C2=O)=NC2(CCN(CC(C)C)CC2)N=5)NC(=O)/C(C)=C\C=C\[C@H](C)[C@H](O)[C@@H](C)[C@@H](O)[C@@H](C)[C@H](OC(C)=O)[C@@H]1C. The van der Waals surface area contributed by atoms with E-state index in [0.717, 1.165) is 6.54 Å². The Hall–Kier alpha value is -4.87. The highest BCUT2D eigenvalue weighted by Gasteiger charge is 2.50. The number of nitrogens with one attached hydrogen (secondary N) is 1. The topological polar surface area (TPSA) is 229 Å². The Bertz CT molecular complexity index is 2320. The third-order valence-corrected chi connectivity index (χ3v) is 12.9. The first-order chi connectivity index (χ1) is 29.2. The number of phenolic OH excluding ortho intramolecular Hbond substituents is 1. The number of piperidine rings is 1. The summed E-state index contributed by atoms with van der Waals surface area (Å²) in [4.78, 5) is 53.6. The molecule has 4 aliphatic rings. The third kappa shape index (κ3) is 8.59. The number of methoxy groups -OCH3 is 1. The molecule has 1 fully saturated rings. The maximum Gasteiger partial charge on any atom is 0.312 e. The molecule has 4 heterocycles. The van der Waals surface area contributed by atoms with Crippen LogP contribution < -0.4 is 20.8 Å². The zero-order valence-corrected chi connectivity index (χ0v) is 37.3. The molecule has 0 aliphatic carbocycles. The van der Waals surface area contributed by atoms with Gasteiger partial charge in [-0.25, -0.2) is 0 Å². The lowest BCUT2D eigenvalue weighted by Crippen LogP contribution is -2.46. The van der Waals surface area contributed by atoms with E-state index in [1.807, 2.05) is 0 Å². The number of aliphatic hydroxyl groups excluding tert-OH is 3. The summed E-state index contributed by atoms with van der Waals surface area (Å²) in [5, 5.41) is 60.5. The van der Waals surface area contributed by atoms with Crippen LogP contribution in [0.15, 0.2) is 46.1 Å². The van der Waals surface area contributed by atoms with Gasteiger partial charge in [0.05, 0.1) is 53.1 Å². The molecule has 0 saturated carbocycles. The van der Waals surface area contributed by atoms with Crippen LogP contribution in [0, 0.1) is 29.6 Å². The number of aromatic hydroxyl groups is 2. The summed E-state index contributed by atoms with van der Waals surface area (Å²) in [5.41, 5.74) is -1.23. The number of carbonyl (C=O) groups is 3. The number of amides is 1. The molecule has 1 amide bonds. The number of hydrogen-bond acceptors (Lipinski definition) is 15. The minimum atomic E-state index is -2.07. The van der Waals surface area contributed by atoms with E-state index in [1.54, 1.807) is 46.8 Å². The van der Waals surface area contributed by atoms with Crippen molar-refractivity contribution in [3.05, 3.63) is 58.0 Å². The van der Waals surface area contributed by atoms with E-state index in [9.17, 15) is 39.9 Å². The largest absolute Gasteiger partial charge is 0.507 e. The Morgan fingerprint density at radius 3 is 2.26 bits per heavy atom. The van der Waals surface area contributed by atoms with Crippen molar-refractivity contribution in [3.63, 3.8) is 0 Å². The molecule has 16 heteroatoms. The molecule has 62 heavy (non-hydrogen) atoms. The molecule has 6 rings (SSSR count). The number of anilines is 1. The van der Waals surface area contributed by atoms with Gasteiger partial charge in [-0.05, 0) is 18.9 Å². The second-order valence-corrected chi connectivity index (χ2v) is 18.0. The van der Waals surface area contributed by atoms with Gasteiger partial charge in [0, 0.05) is 88.1 Å². The summed E-state index contributed by atoms with van der Waals surface area (Å²) < 4.78 is 23.9. The van der Waals surface area contributed by atoms with Crippen LogP contribution in [-0.4, -0.2) is 111 Å². The van der Waals surface area contributed by atoms with Gasteiger partial charge in [-0.3, -0.25) is 24.4 Å². The van der Waals surface area contributed by atoms with Gasteiger partial charge in [0.2, 0.25) is 0 Å². The molecule has 0 aromatic heterocycles. The number of esters is 1. The maximum absolute atomic E-state index is 14.8. The molecule has 0 unspecified atom stereocenters. The number of ketones is 1. The quantitative estimate of drug-likeness (QED) is 0.185. The summed E-state index contributed by atoms with van der Waals surface area (Å²) in [7, 11) is 1.44. The van der Waals surface area contributed by atoms with Gasteiger partial charge in [-0.1, -0.05) is 59.8 Å². The Kier molecular flexibility index (Phi) is 13.6. The zero-order valence-electron chi connectivity index (χ0n) is 37.3. The molecule has 1 spiro atoms. The van der Waals surface area contributed by atoms with Crippen molar-refractivity contribution >= 4 is 34.1 Å². The number of benzene rings is 2. The number of nitrogens with zero attached hydrogens (tertiary/aromatic N) is 3. The van der Waals surface area contributed by atoms with Crippen molar-refractivity contribution in [2.75, 3.05) is 32.1 Å². The van der Waals surface area contributed by atoms with Crippen molar-refractivity contribution in [2.45, 2.75) is 118 Å². The number of Topliss-reactive ketones (excluding diaryl/α,β-unsaturated/α-hetero) is 1. The first-order valence-electron chi connectivity index (χ1n) is 21.4. The number of allylic oxidation sites excluding steroid dienone is 2. The number of hydrogen-bond donors (Lipinski definition) is 6. The molecule has 1 saturated heterocycles. The van der Waals surface area contributed by atoms with Crippen LogP contribution in [0.1, 0.15) is 91.1 Å². The average molecular weight is 863 g/mol. The smallest absolute Gasteiger partial charge is 0.312 e. The normalized spacial score (nSPS) is 32.3. The first kappa shape index (κ1) is 46.6. The van der Waals surface area contributed by atoms with Crippen LogP contribution in [0.25, 0.3) is 10.8 Å². The molecule has 4 aliphatic heterocycles. The van der Waals surface area contributed by atoms with Crippen molar-refractivity contribution in [1.82, 2.24) is 4.90 Å². The lowest BCUT2D eigenvalue weighted by Gasteiger charge is -2.38. The molecule has 2 aromatic carbocycles. The van der Waals surface area contributed by atoms with Gasteiger partial charge in [-0.2, -0.15) is 0 Å². The highest BCUT2D eigenvalue weighted by molar-refractivity contribution is 6.19. The number of fused-ring (bicyclic) bond motifs is 1. The van der Waals surface area contributed by atoms with Crippen molar-refractivity contribution in [1.29, 1.82) is 0 Å². The number of carbonyl (C=O) groups excluding carboxylic acids is 3. The van der Waals surface area contributed by atoms with E-state index in [-0.39, 0.29) is 49.6 Å². The predicted octanol–water partition coefficient (Wildman–Crippen LogP) is 3.93. The van der Waals surface area contributed by atoms with Crippen LogP contribution in [-0.2, 0) is 30.4 Å². The standard InChI is InChI=1S/C46H62N4O12/c1-22(2)20-50-17-15-46(16-18-50)48-34-31-32-39(55)29(21-51)42-33(31)43(57)45(9,62-42)60-19-14-30(59-10)25(5)41(61-28(8)52)27(7)38(54)26(6)37(53)23(3)12-11-13-24(4)44(58)47-36(40(32)56)35(34)49-46/h11-14,19,22-23,25-27,30,37-38,41,51,53-56H,15-18,20-21H2,1-10H3,(H,47,58)/b12-11+,19-14+,24-13-/t23-,25+,26+,27+,30-,37-,38+,41+,45-/m0/s1. The Balaban J connectivity index is 1.56. The maximum atomic E-state index is 14.8. The van der Waals surface area contributed by atoms with Gasteiger partial charge in [0.15, 0.2) is 11.4 Å². The van der Waals surface area contributed by atoms with E-state index in [4.69, 9.17) is 28.9 Å². The Morgan fingerprint density at radius 2 is 1.65 bits per heavy atom. The molecule has 6 N–H and O–H groups in total. The van der Waals surface area contributed by atoms with Gasteiger partial charge in [0.25, 0.3) is 11.7 Å². The van der Waals surface area contributed by atoms with Crippen LogP contribution in [0.2, 0.25) is 0 Å². The first-order valence-corrected chi connectivity index (χ1v) is 21.4. The van der Waals surface area contributed by atoms with Crippen LogP contribution in [0.5, 0.6) is 17.2 Å². The number of aliphatic hydroxyl groups is 3. The van der Waals surface area contributed by atoms with E-state index < -0.39 is 95.3 Å². The number of rotatable bonds is 5. The third-order valence-electron chi connectivity index (χ3n) is 12.9. The number of likely N-dealkylation sites (tertiary alicyclic amines) is 1. The minimum Gasteiger partial charge on any atom is -0.507 e. The monoisotopic (exact) mass is 862 g/mol. The lowest BCUT2D eigenvalue weighted by molar-refractivity contribution is -0.160. The molecule has 9 atom stereocenters. The van der Waals surface area contributed by atoms with Crippen molar-refractivity contribution in [3.8, 4) is 17.2 Å². The molecule has 0 radical (unpaired) electrons. The summed E-state index contributed by atoms with van der Waals surface area (Å²) in [6.45, 7) is 16.9. The fraction of sp³-hybridized carbons (Fsp3) is 0.587. The van der Waals surface area contributed by atoms with Gasteiger partial charge in [-0.15, -0.1) is 0 Å². The van der Waals surface area contributed by atoms with E-state index in [0.29, 0.717) is 31.8 Å². The second-order valence-electron chi connectivity index (χ2n) is 18.0. The molecular weight excluding hydrogens is 801 g/mol. The molecule has 4 bridgehead atoms. The van der Waals surface area contributed by atoms with Crippen LogP contribution in [0.3, 0.4) is 0 Å². The Morgan fingerprint density at radius 1 is 0.984 bits per heavy atom. The lowest BCUT2D eigenvalue weighted by atomic mass is 9.78.